The Morgan fingerprint density at radius 3 is 2.48 bits per heavy atom. The summed E-state index contributed by atoms with van der Waals surface area (Å²) in [6, 6.07) is 5.93. The average molecular weight is 348 g/mol. The number of piperidine rings is 2. The van der Waals surface area contributed by atoms with E-state index in [2.05, 4.69) is 0 Å². The molecule has 0 spiro atoms. The van der Waals surface area contributed by atoms with E-state index in [0.29, 0.717) is 44.5 Å². The van der Waals surface area contributed by atoms with E-state index >= 15 is 0 Å². The largest absolute Gasteiger partial charge is 0.388 e. The van der Waals surface area contributed by atoms with Gasteiger partial charge in [0, 0.05) is 26.1 Å². The maximum Gasteiger partial charge on any atom is 0.242 e. The van der Waals surface area contributed by atoms with Crippen molar-refractivity contribution < 1.29 is 19.1 Å². The van der Waals surface area contributed by atoms with Crippen molar-refractivity contribution in [3.8, 4) is 0 Å². The second-order valence-electron chi connectivity index (χ2n) is 6.99. The van der Waals surface area contributed by atoms with Crippen LogP contribution in [-0.4, -0.2) is 52.9 Å². The standard InChI is InChI=1S/C19H25FN2O3/c20-16-6-4-14(5-7-16)19(25)15-8-11-21(12-9-15)18(24)13-22-10-2-1-3-17(22)23/h4-7,15,19,25H,1-3,8-13H2. The van der Waals surface area contributed by atoms with Crippen LogP contribution in [0.2, 0.25) is 0 Å². The zero-order chi connectivity index (χ0) is 17.8. The van der Waals surface area contributed by atoms with Gasteiger partial charge < -0.3 is 14.9 Å². The molecule has 2 amide bonds. The van der Waals surface area contributed by atoms with Crippen LogP contribution in [0, 0.1) is 11.7 Å². The monoisotopic (exact) mass is 348 g/mol. The smallest absolute Gasteiger partial charge is 0.242 e. The minimum absolute atomic E-state index is 0.00929. The van der Waals surface area contributed by atoms with Crippen molar-refractivity contribution in [2.75, 3.05) is 26.2 Å². The van der Waals surface area contributed by atoms with Gasteiger partial charge in [0.1, 0.15) is 5.82 Å². The van der Waals surface area contributed by atoms with E-state index in [-0.39, 0.29) is 30.1 Å². The van der Waals surface area contributed by atoms with Gasteiger partial charge in [-0.15, -0.1) is 0 Å². The molecular weight excluding hydrogens is 323 g/mol. The fraction of sp³-hybridized carbons (Fsp3) is 0.579. The molecule has 2 saturated heterocycles. The van der Waals surface area contributed by atoms with Crippen LogP contribution >= 0.6 is 0 Å². The first-order valence-corrected chi connectivity index (χ1v) is 9.03. The van der Waals surface area contributed by atoms with Gasteiger partial charge in [0.25, 0.3) is 0 Å². The number of nitrogens with zero attached hydrogens (tertiary/aromatic N) is 2. The third kappa shape index (κ3) is 4.37. The first-order chi connectivity index (χ1) is 12.0. The number of rotatable bonds is 4. The van der Waals surface area contributed by atoms with Gasteiger partial charge in [0.15, 0.2) is 0 Å². The molecule has 3 rings (SSSR count). The molecule has 1 N–H and O–H groups in total. The zero-order valence-electron chi connectivity index (χ0n) is 14.4. The van der Waals surface area contributed by atoms with Crippen LogP contribution in [0.1, 0.15) is 43.8 Å². The van der Waals surface area contributed by atoms with Crippen LogP contribution in [0.3, 0.4) is 0 Å². The summed E-state index contributed by atoms with van der Waals surface area (Å²) < 4.78 is 13.0. The Morgan fingerprint density at radius 1 is 1.16 bits per heavy atom. The highest BCUT2D eigenvalue weighted by Gasteiger charge is 2.30. The molecule has 5 nitrogen and oxygen atoms in total. The van der Waals surface area contributed by atoms with E-state index in [1.54, 1.807) is 21.9 Å². The molecule has 25 heavy (non-hydrogen) atoms. The maximum absolute atomic E-state index is 13.0. The molecule has 0 aliphatic carbocycles. The molecule has 0 bridgehead atoms. The van der Waals surface area contributed by atoms with Gasteiger partial charge in [0.05, 0.1) is 12.6 Å². The van der Waals surface area contributed by atoms with Crippen molar-refractivity contribution in [2.24, 2.45) is 5.92 Å². The van der Waals surface area contributed by atoms with Crippen molar-refractivity contribution in [2.45, 2.75) is 38.2 Å². The summed E-state index contributed by atoms with van der Waals surface area (Å²) in [5.74, 6) is -0.194. The first kappa shape index (κ1) is 17.9. The number of aliphatic hydroxyl groups excluding tert-OH is 1. The van der Waals surface area contributed by atoms with Gasteiger partial charge in [-0.2, -0.15) is 0 Å². The molecule has 1 aromatic rings. The van der Waals surface area contributed by atoms with Crippen LogP contribution < -0.4 is 0 Å². The summed E-state index contributed by atoms with van der Waals surface area (Å²) in [6.45, 7) is 2.02. The van der Waals surface area contributed by atoms with E-state index in [4.69, 9.17) is 0 Å². The van der Waals surface area contributed by atoms with Crippen LogP contribution in [0.25, 0.3) is 0 Å². The van der Waals surface area contributed by atoms with Crippen LogP contribution in [0.5, 0.6) is 0 Å². The molecule has 0 saturated carbocycles. The van der Waals surface area contributed by atoms with E-state index < -0.39 is 6.10 Å². The summed E-state index contributed by atoms with van der Waals surface area (Å²) in [7, 11) is 0. The van der Waals surface area contributed by atoms with Gasteiger partial charge in [-0.05, 0) is 49.3 Å². The Labute approximate surface area is 147 Å². The lowest BCUT2D eigenvalue weighted by molar-refractivity contribution is -0.143. The molecule has 2 heterocycles. The molecule has 6 heteroatoms. The van der Waals surface area contributed by atoms with Gasteiger partial charge in [-0.25, -0.2) is 4.39 Å². The Balaban J connectivity index is 1.50. The number of aliphatic hydroxyl groups is 1. The second kappa shape index (κ2) is 7.95. The van der Waals surface area contributed by atoms with Crippen molar-refractivity contribution in [3.63, 3.8) is 0 Å². The lowest BCUT2D eigenvalue weighted by Crippen LogP contribution is -2.47. The van der Waals surface area contributed by atoms with Crippen molar-refractivity contribution in [1.29, 1.82) is 0 Å². The third-order valence-electron chi connectivity index (χ3n) is 5.30. The molecule has 0 aromatic heterocycles. The topological polar surface area (TPSA) is 60.9 Å². The Kier molecular flexibility index (Phi) is 5.68. The molecule has 0 radical (unpaired) electrons. The van der Waals surface area contributed by atoms with Gasteiger partial charge in [0.2, 0.25) is 11.8 Å². The number of hydrogen-bond acceptors (Lipinski definition) is 3. The fourth-order valence-electron chi connectivity index (χ4n) is 3.69. The minimum Gasteiger partial charge on any atom is -0.388 e. The molecule has 1 atom stereocenters. The van der Waals surface area contributed by atoms with Gasteiger partial charge >= 0.3 is 0 Å². The van der Waals surface area contributed by atoms with Crippen molar-refractivity contribution in [1.82, 2.24) is 9.80 Å². The Morgan fingerprint density at radius 2 is 1.84 bits per heavy atom. The van der Waals surface area contributed by atoms with E-state index in [1.165, 1.54) is 12.1 Å². The summed E-state index contributed by atoms with van der Waals surface area (Å²) in [5.41, 5.74) is 0.713. The SMILES string of the molecule is O=C(CN1CCCCC1=O)N1CCC(C(O)c2ccc(F)cc2)CC1. The Hall–Kier alpha value is -1.95. The fourth-order valence-corrected chi connectivity index (χ4v) is 3.69. The summed E-state index contributed by atoms with van der Waals surface area (Å²) in [6.07, 6.45) is 3.19. The highest BCUT2D eigenvalue weighted by Crippen LogP contribution is 2.30. The van der Waals surface area contributed by atoms with Crippen LogP contribution in [-0.2, 0) is 9.59 Å². The molecule has 2 aliphatic heterocycles. The van der Waals surface area contributed by atoms with Crippen molar-refractivity contribution in [3.05, 3.63) is 35.6 Å². The number of benzene rings is 1. The number of carbonyl (C=O) groups is 2. The maximum atomic E-state index is 13.0. The summed E-state index contributed by atoms with van der Waals surface area (Å²) >= 11 is 0. The average Bonchev–Trinajstić information content (AvgIpc) is 2.64. The van der Waals surface area contributed by atoms with Gasteiger partial charge in [-0.3, -0.25) is 9.59 Å². The number of likely N-dealkylation sites (tertiary alicyclic amines) is 2. The zero-order valence-corrected chi connectivity index (χ0v) is 14.4. The summed E-state index contributed by atoms with van der Waals surface area (Å²) in [5, 5.41) is 10.5. The molecule has 136 valence electrons. The highest BCUT2D eigenvalue weighted by molar-refractivity contribution is 5.85. The number of carbonyl (C=O) groups excluding carboxylic acids is 2. The number of amides is 2. The predicted molar refractivity (Wildman–Crippen MR) is 91.1 cm³/mol. The summed E-state index contributed by atoms with van der Waals surface area (Å²) in [4.78, 5) is 27.7. The predicted octanol–water partition coefficient (Wildman–Crippen LogP) is 2.11. The van der Waals surface area contributed by atoms with E-state index in [1.807, 2.05) is 0 Å². The third-order valence-corrected chi connectivity index (χ3v) is 5.30. The van der Waals surface area contributed by atoms with E-state index in [0.717, 1.165) is 12.8 Å². The van der Waals surface area contributed by atoms with Gasteiger partial charge in [-0.1, -0.05) is 12.1 Å². The molecule has 2 aliphatic rings. The first-order valence-electron chi connectivity index (χ1n) is 9.03. The van der Waals surface area contributed by atoms with Crippen molar-refractivity contribution >= 4 is 11.8 Å². The normalized spacial score (nSPS) is 20.6. The Bertz CT molecular complexity index is 612. The highest BCUT2D eigenvalue weighted by atomic mass is 19.1. The number of halogens is 1. The number of hydrogen-bond donors (Lipinski definition) is 1. The molecule has 1 unspecified atom stereocenters. The quantitative estimate of drug-likeness (QED) is 0.907. The molecule has 1 aromatic carbocycles. The van der Waals surface area contributed by atoms with Crippen LogP contribution in [0.4, 0.5) is 4.39 Å². The van der Waals surface area contributed by atoms with Crippen LogP contribution in [0.15, 0.2) is 24.3 Å². The van der Waals surface area contributed by atoms with E-state index in [9.17, 15) is 19.1 Å². The second-order valence-corrected chi connectivity index (χ2v) is 6.99. The molecule has 2 fully saturated rings. The lowest BCUT2D eigenvalue weighted by atomic mass is 9.87. The lowest BCUT2D eigenvalue weighted by Gasteiger charge is -2.36. The minimum atomic E-state index is -0.637. The molecular formula is C19H25FN2O3.